The first kappa shape index (κ1) is 10.5. The highest BCUT2D eigenvalue weighted by atomic mass is 16.5. The standard InChI is InChI=1S/C11H11NO4/c1-6-3-4-7-8(5-6)16-11(2,10(14)15)9(13)12-7/h3-5H,1-2H3,(H,12,13)(H,14,15). The largest absolute Gasteiger partial charge is 0.478 e. The first-order valence-electron chi connectivity index (χ1n) is 4.78. The van der Waals surface area contributed by atoms with Gasteiger partial charge in [-0.2, -0.15) is 0 Å². The van der Waals surface area contributed by atoms with Gasteiger partial charge in [-0.05, 0) is 31.5 Å². The first-order valence-corrected chi connectivity index (χ1v) is 4.78. The quantitative estimate of drug-likeness (QED) is 0.698. The van der Waals surface area contributed by atoms with E-state index in [1.165, 1.54) is 6.92 Å². The van der Waals surface area contributed by atoms with Crippen molar-refractivity contribution in [2.24, 2.45) is 0 Å². The molecule has 0 radical (unpaired) electrons. The lowest BCUT2D eigenvalue weighted by molar-refractivity contribution is -0.159. The van der Waals surface area contributed by atoms with Crippen LogP contribution in [0.1, 0.15) is 12.5 Å². The third kappa shape index (κ3) is 1.41. The van der Waals surface area contributed by atoms with E-state index in [9.17, 15) is 9.59 Å². The number of rotatable bonds is 1. The van der Waals surface area contributed by atoms with Crippen molar-refractivity contribution in [3.63, 3.8) is 0 Å². The van der Waals surface area contributed by atoms with Crippen LogP contribution < -0.4 is 10.1 Å². The van der Waals surface area contributed by atoms with Gasteiger partial charge in [0.2, 0.25) is 0 Å². The van der Waals surface area contributed by atoms with Crippen LogP contribution in [0.3, 0.4) is 0 Å². The lowest BCUT2D eigenvalue weighted by Crippen LogP contribution is -2.54. The average molecular weight is 221 g/mol. The molecule has 0 spiro atoms. The van der Waals surface area contributed by atoms with Gasteiger partial charge in [0.15, 0.2) is 0 Å². The molecule has 1 unspecified atom stereocenters. The molecule has 16 heavy (non-hydrogen) atoms. The Labute approximate surface area is 92.0 Å². The summed E-state index contributed by atoms with van der Waals surface area (Å²) in [5.74, 6) is -1.60. The number of amides is 1. The summed E-state index contributed by atoms with van der Waals surface area (Å²) in [7, 11) is 0. The molecule has 5 nitrogen and oxygen atoms in total. The Bertz CT molecular complexity index is 483. The molecule has 0 bridgehead atoms. The van der Waals surface area contributed by atoms with E-state index >= 15 is 0 Å². The number of hydrogen-bond acceptors (Lipinski definition) is 3. The minimum Gasteiger partial charge on any atom is -0.478 e. The van der Waals surface area contributed by atoms with E-state index in [0.717, 1.165) is 5.56 Å². The van der Waals surface area contributed by atoms with Gasteiger partial charge in [0.05, 0.1) is 5.69 Å². The fraction of sp³-hybridized carbons (Fsp3) is 0.273. The molecule has 1 aromatic rings. The SMILES string of the molecule is Cc1ccc2c(c1)OC(C)(C(=O)O)C(=O)N2. The van der Waals surface area contributed by atoms with Crippen LogP contribution in [0.2, 0.25) is 0 Å². The number of hydrogen-bond donors (Lipinski definition) is 2. The highest BCUT2D eigenvalue weighted by Crippen LogP contribution is 2.34. The molecular formula is C11H11NO4. The van der Waals surface area contributed by atoms with Crippen molar-refractivity contribution < 1.29 is 19.4 Å². The summed E-state index contributed by atoms with van der Waals surface area (Å²) in [6, 6.07) is 5.19. The Balaban J connectivity index is 2.48. The number of fused-ring (bicyclic) bond motifs is 1. The maximum Gasteiger partial charge on any atom is 0.357 e. The maximum atomic E-state index is 11.6. The molecule has 0 aliphatic carbocycles. The second-order valence-electron chi connectivity index (χ2n) is 3.89. The van der Waals surface area contributed by atoms with Crippen molar-refractivity contribution in [2.75, 3.05) is 5.32 Å². The lowest BCUT2D eigenvalue weighted by atomic mass is 10.0. The van der Waals surface area contributed by atoms with E-state index in [-0.39, 0.29) is 0 Å². The van der Waals surface area contributed by atoms with Gasteiger partial charge in [-0.3, -0.25) is 4.79 Å². The summed E-state index contributed by atoms with van der Waals surface area (Å²) in [4.78, 5) is 22.6. The second-order valence-corrected chi connectivity index (χ2v) is 3.89. The molecule has 0 saturated heterocycles. The number of aliphatic carboxylic acids is 1. The lowest BCUT2D eigenvalue weighted by Gasteiger charge is -2.31. The van der Waals surface area contributed by atoms with Crippen LogP contribution >= 0.6 is 0 Å². The minimum absolute atomic E-state index is 0.379. The molecular weight excluding hydrogens is 210 g/mol. The van der Waals surface area contributed by atoms with Gasteiger partial charge < -0.3 is 15.2 Å². The van der Waals surface area contributed by atoms with Crippen LogP contribution in [-0.2, 0) is 9.59 Å². The molecule has 1 aromatic carbocycles. The fourth-order valence-corrected chi connectivity index (χ4v) is 1.47. The van der Waals surface area contributed by atoms with Gasteiger partial charge in [-0.15, -0.1) is 0 Å². The Hall–Kier alpha value is -2.04. The molecule has 1 heterocycles. The van der Waals surface area contributed by atoms with E-state index in [2.05, 4.69) is 5.32 Å². The zero-order valence-corrected chi connectivity index (χ0v) is 8.90. The average Bonchev–Trinajstić information content (AvgIpc) is 2.20. The van der Waals surface area contributed by atoms with Gasteiger partial charge in [-0.25, -0.2) is 4.79 Å². The number of anilines is 1. The number of carboxylic acid groups (broad SMARTS) is 1. The minimum atomic E-state index is -1.86. The molecule has 0 aromatic heterocycles. The number of nitrogens with one attached hydrogen (secondary N) is 1. The molecule has 84 valence electrons. The Morgan fingerprint density at radius 3 is 2.81 bits per heavy atom. The number of aryl methyl sites for hydroxylation is 1. The fourth-order valence-electron chi connectivity index (χ4n) is 1.47. The van der Waals surface area contributed by atoms with Crippen LogP contribution in [0, 0.1) is 6.92 Å². The van der Waals surface area contributed by atoms with Crippen molar-refractivity contribution in [3.05, 3.63) is 23.8 Å². The smallest absolute Gasteiger partial charge is 0.357 e. The molecule has 5 heteroatoms. The molecule has 0 fully saturated rings. The second kappa shape index (κ2) is 3.23. The zero-order chi connectivity index (χ0) is 11.9. The maximum absolute atomic E-state index is 11.6. The summed E-state index contributed by atoms with van der Waals surface area (Å²) in [6.45, 7) is 3.09. The molecule has 1 amide bonds. The van der Waals surface area contributed by atoms with Crippen molar-refractivity contribution in [2.45, 2.75) is 19.4 Å². The summed E-state index contributed by atoms with van der Waals surface area (Å²) in [6.07, 6.45) is 0. The summed E-state index contributed by atoms with van der Waals surface area (Å²) in [5.41, 5.74) is -0.433. The van der Waals surface area contributed by atoms with Crippen LogP contribution in [0.25, 0.3) is 0 Å². The van der Waals surface area contributed by atoms with Gasteiger partial charge in [-0.1, -0.05) is 6.07 Å². The third-order valence-electron chi connectivity index (χ3n) is 2.54. The Morgan fingerprint density at radius 1 is 1.50 bits per heavy atom. The summed E-state index contributed by atoms with van der Waals surface area (Å²) >= 11 is 0. The van der Waals surface area contributed by atoms with Crippen molar-refractivity contribution >= 4 is 17.6 Å². The number of benzene rings is 1. The van der Waals surface area contributed by atoms with Crippen molar-refractivity contribution in [3.8, 4) is 5.75 Å². The molecule has 2 rings (SSSR count). The van der Waals surface area contributed by atoms with Gasteiger partial charge in [0.25, 0.3) is 11.5 Å². The van der Waals surface area contributed by atoms with Crippen LogP contribution in [0.4, 0.5) is 5.69 Å². The van der Waals surface area contributed by atoms with Crippen LogP contribution in [0.15, 0.2) is 18.2 Å². The first-order chi connectivity index (χ1) is 7.43. The van der Waals surface area contributed by atoms with Crippen LogP contribution in [-0.4, -0.2) is 22.6 Å². The molecule has 1 atom stereocenters. The van der Waals surface area contributed by atoms with Gasteiger partial charge >= 0.3 is 5.97 Å². The third-order valence-corrected chi connectivity index (χ3v) is 2.54. The summed E-state index contributed by atoms with van der Waals surface area (Å²) in [5, 5.41) is 11.5. The number of ether oxygens (including phenoxy) is 1. The Kier molecular flexibility index (Phi) is 2.11. The monoisotopic (exact) mass is 221 g/mol. The van der Waals surface area contributed by atoms with Gasteiger partial charge in [0, 0.05) is 0 Å². The summed E-state index contributed by atoms with van der Waals surface area (Å²) < 4.78 is 5.26. The van der Waals surface area contributed by atoms with E-state index in [4.69, 9.17) is 9.84 Å². The number of carbonyl (C=O) groups excluding carboxylic acids is 1. The number of carboxylic acids is 1. The number of carbonyl (C=O) groups is 2. The molecule has 2 N–H and O–H groups in total. The highest BCUT2D eigenvalue weighted by molar-refractivity contribution is 6.13. The van der Waals surface area contributed by atoms with Crippen LogP contribution in [0.5, 0.6) is 5.75 Å². The Morgan fingerprint density at radius 2 is 2.19 bits per heavy atom. The van der Waals surface area contributed by atoms with E-state index in [0.29, 0.717) is 11.4 Å². The van der Waals surface area contributed by atoms with E-state index in [1.54, 1.807) is 12.1 Å². The van der Waals surface area contributed by atoms with E-state index < -0.39 is 17.5 Å². The van der Waals surface area contributed by atoms with E-state index in [1.807, 2.05) is 13.0 Å². The predicted octanol–water partition coefficient (Wildman–Crippen LogP) is 1.17. The van der Waals surface area contributed by atoms with Gasteiger partial charge in [0.1, 0.15) is 5.75 Å². The highest BCUT2D eigenvalue weighted by Gasteiger charge is 2.47. The molecule has 0 saturated carbocycles. The topological polar surface area (TPSA) is 75.6 Å². The predicted molar refractivity (Wildman–Crippen MR) is 56.5 cm³/mol. The molecule has 1 aliphatic rings. The molecule has 1 aliphatic heterocycles. The normalized spacial score (nSPS) is 23.0. The van der Waals surface area contributed by atoms with Crippen molar-refractivity contribution in [1.82, 2.24) is 0 Å². The zero-order valence-electron chi connectivity index (χ0n) is 8.90. The van der Waals surface area contributed by atoms with Crippen molar-refractivity contribution in [1.29, 1.82) is 0 Å².